The number of hydrogen-bond acceptors (Lipinski definition) is 3. The molecule has 1 heterocycles. The largest absolute Gasteiger partial charge is 0.416 e. The third-order valence-corrected chi connectivity index (χ3v) is 3.78. The molecule has 1 aliphatic rings. The van der Waals surface area contributed by atoms with Crippen LogP contribution in [0, 0.1) is 0 Å². The van der Waals surface area contributed by atoms with E-state index in [0.29, 0.717) is 12.0 Å². The van der Waals surface area contributed by atoms with Gasteiger partial charge < -0.3 is 4.90 Å². The summed E-state index contributed by atoms with van der Waals surface area (Å²) in [6.07, 6.45) is -3.92. The lowest BCUT2D eigenvalue weighted by molar-refractivity contribution is -0.137. The van der Waals surface area contributed by atoms with Crippen molar-refractivity contribution in [1.29, 1.82) is 0 Å². The molecule has 1 saturated heterocycles. The van der Waals surface area contributed by atoms with E-state index in [-0.39, 0.29) is 5.56 Å². The summed E-state index contributed by atoms with van der Waals surface area (Å²) in [6.45, 7) is 1.52. The van der Waals surface area contributed by atoms with Crippen molar-refractivity contribution in [3.05, 3.63) is 29.3 Å². The molecule has 0 aromatic heterocycles. The number of aldehydes is 1. The topological polar surface area (TPSA) is 20.3 Å². The second-order valence-electron chi connectivity index (χ2n) is 3.99. The van der Waals surface area contributed by atoms with E-state index in [1.807, 2.05) is 4.90 Å². The normalized spacial score (nSPS) is 16.7. The number of nitrogens with zero attached hydrogens (tertiary/aromatic N) is 1. The molecule has 0 N–H and O–H groups in total. The van der Waals surface area contributed by atoms with Gasteiger partial charge >= 0.3 is 6.18 Å². The Morgan fingerprint density at radius 2 is 1.89 bits per heavy atom. The van der Waals surface area contributed by atoms with E-state index in [2.05, 4.69) is 0 Å². The van der Waals surface area contributed by atoms with Crippen molar-refractivity contribution < 1.29 is 18.0 Å². The summed E-state index contributed by atoms with van der Waals surface area (Å²) in [5, 5.41) is 0. The Labute approximate surface area is 107 Å². The average Bonchev–Trinajstić information content (AvgIpc) is 2.38. The van der Waals surface area contributed by atoms with Gasteiger partial charge in [0.25, 0.3) is 0 Å². The summed E-state index contributed by atoms with van der Waals surface area (Å²) in [7, 11) is 0. The van der Waals surface area contributed by atoms with Crippen molar-refractivity contribution >= 4 is 23.7 Å². The fourth-order valence-electron chi connectivity index (χ4n) is 1.92. The van der Waals surface area contributed by atoms with Gasteiger partial charge in [0.2, 0.25) is 0 Å². The van der Waals surface area contributed by atoms with Crippen molar-refractivity contribution in [3.63, 3.8) is 0 Å². The van der Waals surface area contributed by atoms with Gasteiger partial charge in [-0.2, -0.15) is 24.9 Å². The molecule has 1 aromatic carbocycles. The van der Waals surface area contributed by atoms with E-state index in [1.165, 1.54) is 6.07 Å². The van der Waals surface area contributed by atoms with Crippen LogP contribution >= 0.6 is 11.8 Å². The van der Waals surface area contributed by atoms with E-state index in [9.17, 15) is 18.0 Å². The number of alkyl halides is 3. The van der Waals surface area contributed by atoms with E-state index >= 15 is 0 Å². The summed E-state index contributed by atoms with van der Waals surface area (Å²) in [5.74, 6) is 1.86. The lowest BCUT2D eigenvalue weighted by Gasteiger charge is -2.29. The highest BCUT2D eigenvalue weighted by molar-refractivity contribution is 7.99. The molecule has 2 nitrogen and oxygen atoms in total. The zero-order valence-electron chi connectivity index (χ0n) is 9.54. The third-order valence-electron chi connectivity index (χ3n) is 2.83. The van der Waals surface area contributed by atoms with Crippen LogP contribution < -0.4 is 4.90 Å². The fourth-order valence-corrected chi connectivity index (χ4v) is 2.82. The Morgan fingerprint density at radius 3 is 2.44 bits per heavy atom. The van der Waals surface area contributed by atoms with Crippen molar-refractivity contribution in [1.82, 2.24) is 0 Å². The molecule has 0 radical (unpaired) electrons. The first-order valence-corrected chi connectivity index (χ1v) is 6.67. The maximum Gasteiger partial charge on any atom is 0.416 e. The Balaban J connectivity index is 2.33. The molecule has 0 spiro atoms. The summed E-state index contributed by atoms with van der Waals surface area (Å²) in [5.41, 5.74) is -0.0743. The maximum atomic E-state index is 12.5. The number of thioether (sulfide) groups is 1. The third kappa shape index (κ3) is 2.80. The summed E-state index contributed by atoms with van der Waals surface area (Å²) in [6, 6.07) is 3.34. The first-order chi connectivity index (χ1) is 8.52. The smallest absolute Gasteiger partial charge is 0.369 e. The predicted octanol–water partition coefficient (Wildman–Crippen LogP) is 3.07. The van der Waals surface area contributed by atoms with Gasteiger partial charge in [-0.05, 0) is 18.2 Å². The molecule has 1 aliphatic heterocycles. The number of hydrogen-bond donors (Lipinski definition) is 0. The van der Waals surface area contributed by atoms with Gasteiger partial charge in [-0.1, -0.05) is 0 Å². The molecule has 0 unspecified atom stereocenters. The SMILES string of the molecule is O=Cc1cc(C(F)(F)F)ccc1N1CCSCC1. The van der Waals surface area contributed by atoms with Crippen LogP contribution in [0.2, 0.25) is 0 Å². The van der Waals surface area contributed by atoms with Crippen LogP contribution in [0.1, 0.15) is 15.9 Å². The van der Waals surface area contributed by atoms with Gasteiger partial charge in [0, 0.05) is 35.8 Å². The molecular weight excluding hydrogens is 263 g/mol. The molecule has 6 heteroatoms. The molecule has 1 aromatic rings. The zero-order valence-corrected chi connectivity index (χ0v) is 10.4. The fraction of sp³-hybridized carbons (Fsp3) is 0.417. The lowest BCUT2D eigenvalue weighted by Crippen LogP contribution is -2.33. The Morgan fingerprint density at radius 1 is 1.22 bits per heavy atom. The Kier molecular flexibility index (Phi) is 3.85. The predicted molar refractivity (Wildman–Crippen MR) is 66.4 cm³/mol. The van der Waals surface area contributed by atoms with Gasteiger partial charge in [-0.25, -0.2) is 0 Å². The van der Waals surface area contributed by atoms with Crippen LogP contribution in [-0.4, -0.2) is 30.9 Å². The molecule has 0 saturated carbocycles. The van der Waals surface area contributed by atoms with Crippen LogP contribution in [-0.2, 0) is 6.18 Å². The van der Waals surface area contributed by atoms with Gasteiger partial charge in [0.1, 0.15) is 0 Å². The molecular formula is C12H12F3NOS. The average molecular weight is 275 g/mol. The van der Waals surface area contributed by atoms with Crippen LogP contribution in [0.5, 0.6) is 0 Å². The second-order valence-corrected chi connectivity index (χ2v) is 5.21. The molecule has 0 aliphatic carbocycles. The number of carbonyl (C=O) groups excluding carboxylic acids is 1. The molecule has 1 fully saturated rings. The van der Waals surface area contributed by atoms with Crippen molar-refractivity contribution in [2.75, 3.05) is 29.5 Å². The minimum Gasteiger partial charge on any atom is -0.369 e. The molecule has 0 amide bonds. The molecule has 0 atom stereocenters. The number of halogens is 3. The van der Waals surface area contributed by atoms with Gasteiger partial charge in [-0.3, -0.25) is 4.79 Å². The van der Waals surface area contributed by atoms with Gasteiger partial charge in [-0.15, -0.1) is 0 Å². The van der Waals surface area contributed by atoms with Gasteiger partial charge in [0.05, 0.1) is 5.56 Å². The van der Waals surface area contributed by atoms with Crippen LogP contribution in [0.3, 0.4) is 0 Å². The van der Waals surface area contributed by atoms with Crippen molar-refractivity contribution in [2.24, 2.45) is 0 Å². The van der Waals surface area contributed by atoms with Crippen LogP contribution in [0.25, 0.3) is 0 Å². The summed E-state index contributed by atoms with van der Waals surface area (Å²) in [4.78, 5) is 12.9. The summed E-state index contributed by atoms with van der Waals surface area (Å²) < 4.78 is 37.6. The summed E-state index contributed by atoms with van der Waals surface area (Å²) >= 11 is 1.80. The lowest BCUT2D eigenvalue weighted by atomic mass is 10.1. The van der Waals surface area contributed by atoms with E-state index in [4.69, 9.17) is 0 Å². The van der Waals surface area contributed by atoms with E-state index in [0.717, 1.165) is 36.7 Å². The van der Waals surface area contributed by atoms with E-state index < -0.39 is 11.7 Å². The quantitative estimate of drug-likeness (QED) is 0.774. The zero-order chi connectivity index (χ0) is 13.2. The number of carbonyl (C=O) groups is 1. The minimum atomic E-state index is -4.41. The van der Waals surface area contributed by atoms with Crippen LogP contribution in [0.15, 0.2) is 18.2 Å². The molecule has 98 valence electrons. The van der Waals surface area contributed by atoms with Crippen LogP contribution in [0.4, 0.5) is 18.9 Å². The highest BCUT2D eigenvalue weighted by Gasteiger charge is 2.31. The first-order valence-electron chi connectivity index (χ1n) is 5.51. The highest BCUT2D eigenvalue weighted by Crippen LogP contribution is 2.32. The number of rotatable bonds is 2. The molecule has 18 heavy (non-hydrogen) atoms. The molecule has 0 bridgehead atoms. The monoisotopic (exact) mass is 275 g/mol. The Hall–Kier alpha value is -1.17. The van der Waals surface area contributed by atoms with E-state index in [1.54, 1.807) is 11.8 Å². The number of anilines is 1. The first kappa shape index (κ1) is 13.3. The van der Waals surface area contributed by atoms with Crippen molar-refractivity contribution in [2.45, 2.75) is 6.18 Å². The van der Waals surface area contributed by atoms with Gasteiger partial charge in [0.15, 0.2) is 6.29 Å². The maximum absolute atomic E-state index is 12.5. The standard InChI is InChI=1S/C12H12F3NOS/c13-12(14,15)10-1-2-11(9(7-10)8-17)16-3-5-18-6-4-16/h1-2,7-8H,3-6H2. The Bertz CT molecular complexity index is 441. The minimum absolute atomic E-state index is 0.108. The number of benzene rings is 1. The molecule has 2 rings (SSSR count). The second kappa shape index (κ2) is 5.22. The highest BCUT2D eigenvalue weighted by atomic mass is 32.2. The van der Waals surface area contributed by atoms with Crippen molar-refractivity contribution in [3.8, 4) is 0 Å².